The van der Waals surface area contributed by atoms with Crippen molar-refractivity contribution >= 4 is 0 Å². The molecule has 2 rings (SSSR count). The van der Waals surface area contributed by atoms with Gasteiger partial charge >= 0.3 is 0 Å². The van der Waals surface area contributed by atoms with Crippen molar-refractivity contribution in [2.45, 2.75) is 72.3 Å². The first-order valence-corrected chi connectivity index (χ1v) is 8.88. The fourth-order valence-electron chi connectivity index (χ4n) is 3.94. The molecule has 1 heterocycles. The third-order valence-electron chi connectivity index (χ3n) is 4.90. The number of nitrogens with zero attached hydrogens (tertiary/aromatic N) is 1. The van der Waals surface area contributed by atoms with Gasteiger partial charge in [-0.25, -0.2) is 0 Å². The van der Waals surface area contributed by atoms with Crippen LogP contribution in [0.1, 0.15) is 66.2 Å². The molecule has 2 aliphatic rings. The molecular formula is C18H36N2. The van der Waals surface area contributed by atoms with E-state index in [-0.39, 0.29) is 0 Å². The van der Waals surface area contributed by atoms with Crippen LogP contribution in [0, 0.1) is 17.3 Å². The zero-order valence-corrected chi connectivity index (χ0v) is 14.3. The third-order valence-corrected chi connectivity index (χ3v) is 4.90. The molecule has 1 aliphatic carbocycles. The van der Waals surface area contributed by atoms with Crippen LogP contribution in [0.15, 0.2) is 0 Å². The summed E-state index contributed by atoms with van der Waals surface area (Å²) in [7, 11) is 0. The fourth-order valence-corrected chi connectivity index (χ4v) is 3.94. The number of likely N-dealkylation sites (tertiary alicyclic amines) is 1. The van der Waals surface area contributed by atoms with Crippen molar-refractivity contribution < 1.29 is 0 Å². The Labute approximate surface area is 126 Å². The second-order valence-electron chi connectivity index (χ2n) is 8.70. The van der Waals surface area contributed by atoms with Gasteiger partial charge in [-0.2, -0.15) is 0 Å². The highest BCUT2D eigenvalue weighted by Gasteiger charge is 2.27. The molecule has 20 heavy (non-hydrogen) atoms. The first-order chi connectivity index (χ1) is 9.42. The van der Waals surface area contributed by atoms with Crippen LogP contribution >= 0.6 is 0 Å². The van der Waals surface area contributed by atoms with E-state index in [1.54, 1.807) is 0 Å². The highest BCUT2D eigenvalue weighted by atomic mass is 15.2. The lowest BCUT2D eigenvalue weighted by molar-refractivity contribution is 0.115. The van der Waals surface area contributed by atoms with Crippen molar-refractivity contribution in [1.82, 2.24) is 10.2 Å². The molecule has 1 saturated carbocycles. The Morgan fingerprint density at radius 2 is 1.75 bits per heavy atom. The summed E-state index contributed by atoms with van der Waals surface area (Å²) < 4.78 is 0. The molecule has 2 heteroatoms. The van der Waals surface area contributed by atoms with Gasteiger partial charge in [-0.05, 0) is 36.5 Å². The third kappa shape index (κ3) is 5.73. The molecule has 118 valence electrons. The van der Waals surface area contributed by atoms with E-state index in [0.29, 0.717) is 11.5 Å². The minimum absolute atomic E-state index is 0.398. The Morgan fingerprint density at radius 3 is 2.40 bits per heavy atom. The quantitative estimate of drug-likeness (QED) is 0.840. The topological polar surface area (TPSA) is 15.3 Å². The van der Waals surface area contributed by atoms with Crippen molar-refractivity contribution in [2.24, 2.45) is 17.3 Å². The highest BCUT2D eigenvalue weighted by molar-refractivity contribution is 4.84. The second-order valence-corrected chi connectivity index (χ2v) is 8.70. The average Bonchev–Trinajstić information content (AvgIpc) is 2.36. The molecule has 0 bridgehead atoms. The van der Waals surface area contributed by atoms with Gasteiger partial charge in [0, 0.05) is 32.2 Å². The molecule has 1 N–H and O–H groups in total. The van der Waals surface area contributed by atoms with E-state index < -0.39 is 0 Å². The van der Waals surface area contributed by atoms with Crippen LogP contribution in [0.2, 0.25) is 0 Å². The van der Waals surface area contributed by atoms with Gasteiger partial charge in [0.25, 0.3) is 0 Å². The standard InChI is InChI=1S/C18H36N2/c1-15-10-17(19-14-18(2,3)4)13-20(11-15)12-16-8-6-5-7-9-16/h15-17,19H,5-14H2,1-4H3. The Balaban J connectivity index is 1.78. The number of hydrogen-bond acceptors (Lipinski definition) is 2. The van der Waals surface area contributed by atoms with E-state index in [4.69, 9.17) is 0 Å². The summed E-state index contributed by atoms with van der Waals surface area (Å²) >= 11 is 0. The minimum atomic E-state index is 0.398. The zero-order chi connectivity index (χ0) is 14.6. The molecule has 0 aromatic carbocycles. The van der Waals surface area contributed by atoms with Crippen LogP contribution in [0.4, 0.5) is 0 Å². The normalized spacial score (nSPS) is 30.6. The van der Waals surface area contributed by atoms with Crippen LogP contribution in [-0.2, 0) is 0 Å². The molecular weight excluding hydrogens is 244 g/mol. The molecule has 0 aromatic rings. The lowest BCUT2D eigenvalue weighted by atomic mass is 9.87. The lowest BCUT2D eigenvalue weighted by Crippen LogP contribution is -2.51. The summed E-state index contributed by atoms with van der Waals surface area (Å²) in [5, 5.41) is 3.82. The van der Waals surface area contributed by atoms with Gasteiger partial charge in [0.15, 0.2) is 0 Å². The predicted octanol–water partition coefficient (Wildman–Crippen LogP) is 3.91. The summed E-state index contributed by atoms with van der Waals surface area (Å²) in [5.41, 5.74) is 0.398. The Bertz CT molecular complexity index is 276. The first-order valence-electron chi connectivity index (χ1n) is 8.88. The monoisotopic (exact) mass is 280 g/mol. The van der Waals surface area contributed by atoms with Crippen molar-refractivity contribution in [3.05, 3.63) is 0 Å². The molecule has 1 aliphatic heterocycles. The molecule has 2 fully saturated rings. The Kier molecular flexibility index (Phi) is 5.92. The largest absolute Gasteiger partial charge is 0.312 e. The molecule has 0 radical (unpaired) electrons. The molecule has 0 spiro atoms. The van der Waals surface area contributed by atoms with E-state index in [2.05, 4.69) is 37.9 Å². The van der Waals surface area contributed by atoms with Crippen LogP contribution < -0.4 is 5.32 Å². The Morgan fingerprint density at radius 1 is 1.05 bits per heavy atom. The summed E-state index contributed by atoms with van der Waals surface area (Å²) in [6, 6.07) is 0.710. The fraction of sp³-hybridized carbons (Fsp3) is 1.00. The van der Waals surface area contributed by atoms with Gasteiger partial charge in [0.05, 0.1) is 0 Å². The van der Waals surface area contributed by atoms with E-state index in [0.717, 1.165) is 18.4 Å². The van der Waals surface area contributed by atoms with Gasteiger partial charge in [-0.1, -0.05) is 47.0 Å². The Hall–Kier alpha value is -0.0800. The van der Waals surface area contributed by atoms with Crippen LogP contribution in [0.25, 0.3) is 0 Å². The van der Waals surface area contributed by atoms with E-state index in [1.807, 2.05) is 0 Å². The lowest BCUT2D eigenvalue weighted by Gasteiger charge is -2.40. The number of piperidine rings is 1. The van der Waals surface area contributed by atoms with E-state index in [1.165, 1.54) is 58.2 Å². The van der Waals surface area contributed by atoms with E-state index in [9.17, 15) is 0 Å². The van der Waals surface area contributed by atoms with Crippen molar-refractivity contribution in [3.63, 3.8) is 0 Å². The van der Waals surface area contributed by atoms with Crippen LogP contribution in [0.5, 0.6) is 0 Å². The van der Waals surface area contributed by atoms with E-state index >= 15 is 0 Å². The minimum Gasteiger partial charge on any atom is -0.312 e. The maximum Gasteiger partial charge on any atom is 0.0198 e. The first kappa shape index (κ1) is 16.3. The smallest absolute Gasteiger partial charge is 0.0198 e. The molecule has 0 aromatic heterocycles. The molecule has 2 atom stereocenters. The van der Waals surface area contributed by atoms with Crippen molar-refractivity contribution in [1.29, 1.82) is 0 Å². The van der Waals surface area contributed by atoms with Crippen molar-refractivity contribution in [2.75, 3.05) is 26.2 Å². The summed E-state index contributed by atoms with van der Waals surface area (Å²) in [4.78, 5) is 2.75. The second kappa shape index (κ2) is 7.26. The number of nitrogens with one attached hydrogen (secondary N) is 1. The maximum atomic E-state index is 3.82. The average molecular weight is 280 g/mol. The van der Waals surface area contributed by atoms with Gasteiger partial charge in [-0.15, -0.1) is 0 Å². The molecule has 2 nitrogen and oxygen atoms in total. The number of hydrogen-bond donors (Lipinski definition) is 1. The zero-order valence-electron chi connectivity index (χ0n) is 14.3. The van der Waals surface area contributed by atoms with Gasteiger partial charge < -0.3 is 10.2 Å². The predicted molar refractivity (Wildman–Crippen MR) is 88.0 cm³/mol. The molecule has 1 saturated heterocycles. The number of rotatable bonds is 4. The SMILES string of the molecule is CC1CC(NCC(C)(C)C)CN(CC2CCCCC2)C1. The van der Waals surface area contributed by atoms with Gasteiger partial charge in [0.1, 0.15) is 0 Å². The van der Waals surface area contributed by atoms with Gasteiger partial charge in [-0.3, -0.25) is 0 Å². The summed E-state index contributed by atoms with van der Waals surface area (Å²) in [6.45, 7) is 14.5. The summed E-state index contributed by atoms with van der Waals surface area (Å²) in [6.07, 6.45) is 8.73. The van der Waals surface area contributed by atoms with Crippen LogP contribution in [0.3, 0.4) is 0 Å². The van der Waals surface area contributed by atoms with Gasteiger partial charge in [0.2, 0.25) is 0 Å². The molecule has 2 unspecified atom stereocenters. The highest BCUT2D eigenvalue weighted by Crippen LogP contribution is 2.26. The van der Waals surface area contributed by atoms with Crippen LogP contribution in [-0.4, -0.2) is 37.1 Å². The molecule has 0 amide bonds. The summed E-state index contributed by atoms with van der Waals surface area (Å²) in [5.74, 6) is 1.84. The maximum absolute atomic E-state index is 3.82. The van der Waals surface area contributed by atoms with Crippen molar-refractivity contribution in [3.8, 4) is 0 Å².